The number of hydrogen-bond acceptors (Lipinski definition) is 4. The summed E-state index contributed by atoms with van der Waals surface area (Å²) in [5.74, 6) is -0.352. The molecule has 0 unspecified atom stereocenters. The lowest BCUT2D eigenvalue weighted by atomic mass is 10.0. The Hall–Kier alpha value is -3.02. The van der Waals surface area contributed by atoms with E-state index in [-0.39, 0.29) is 11.1 Å². The van der Waals surface area contributed by atoms with Crippen LogP contribution in [0.5, 0.6) is 11.5 Å². The third-order valence-corrected chi connectivity index (χ3v) is 3.54. The second kappa shape index (κ2) is 6.62. The zero-order valence-electron chi connectivity index (χ0n) is 13.1. The molecule has 0 aliphatic rings. The van der Waals surface area contributed by atoms with Crippen molar-refractivity contribution in [2.45, 2.75) is 0 Å². The first-order chi connectivity index (χ1) is 11.6. The lowest BCUT2D eigenvalue weighted by Crippen LogP contribution is -1.95. The molecule has 0 fully saturated rings. The van der Waals surface area contributed by atoms with E-state index in [2.05, 4.69) is 9.97 Å². The van der Waals surface area contributed by atoms with Crippen LogP contribution in [0.15, 0.2) is 48.8 Å². The van der Waals surface area contributed by atoms with Crippen LogP contribution in [0.2, 0.25) is 0 Å². The molecule has 0 amide bonds. The molecule has 1 aromatic carbocycles. The summed E-state index contributed by atoms with van der Waals surface area (Å²) in [7, 11) is 3.01. The van der Waals surface area contributed by atoms with Gasteiger partial charge in [0.25, 0.3) is 0 Å². The molecule has 122 valence electrons. The Balaban J connectivity index is 2.15. The zero-order chi connectivity index (χ0) is 17.1. The van der Waals surface area contributed by atoms with Crippen molar-refractivity contribution in [1.82, 2.24) is 9.97 Å². The third kappa shape index (κ3) is 3.03. The first kappa shape index (κ1) is 15.9. The van der Waals surface area contributed by atoms with Gasteiger partial charge in [0.05, 0.1) is 25.6 Å². The van der Waals surface area contributed by atoms with Gasteiger partial charge in [-0.05, 0) is 18.2 Å². The molecule has 24 heavy (non-hydrogen) atoms. The molecule has 0 spiro atoms. The quantitative estimate of drug-likeness (QED) is 0.723. The highest BCUT2D eigenvalue weighted by atomic mass is 19.1. The van der Waals surface area contributed by atoms with Crippen LogP contribution >= 0.6 is 0 Å². The van der Waals surface area contributed by atoms with Gasteiger partial charge >= 0.3 is 0 Å². The van der Waals surface area contributed by atoms with E-state index in [0.29, 0.717) is 22.9 Å². The van der Waals surface area contributed by atoms with Crippen LogP contribution in [-0.4, -0.2) is 24.2 Å². The molecule has 3 rings (SSSR count). The summed E-state index contributed by atoms with van der Waals surface area (Å²) < 4.78 is 38.7. The topological polar surface area (TPSA) is 44.2 Å². The molecular formula is C18H14F2N2O2. The predicted octanol–water partition coefficient (Wildman–Crippen LogP) is 4.11. The van der Waals surface area contributed by atoms with Crippen molar-refractivity contribution in [2.24, 2.45) is 0 Å². The average molecular weight is 328 g/mol. The van der Waals surface area contributed by atoms with E-state index >= 15 is 0 Å². The van der Waals surface area contributed by atoms with Crippen molar-refractivity contribution >= 4 is 0 Å². The molecule has 4 nitrogen and oxygen atoms in total. The SMILES string of the molecule is COc1ccnc(-c2cc(-c3cc(OC)ccn3)c(F)cc2F)c1. The van der Waals surface area contributed by atoms with E-state index in [1.54, 1.807) is 24.3 Å². The lowest BCUT2D eigenvalue weighted by Gasteiger charge is -2.10. The van der Waals surface area contributed by atoms with Gasteiger partial charge < -0.3 is 9.47 Å². The lowest BCUT2D eigenvalue weighted by molar-refractivity contribution is 0.414. The summed E-state index contributed by atoms with van der Waals surface area (Å²) in [5, 5.41) is 0. The predicted molar refractivity (Wildman–Crippen MR) is 85.9 cm³/mol. The minimum absolute atomic E-state index is 0.162. The van der Waals surface area contributed by atoms with Crippen LogP contribution in [0.3, 0.4) is 0 Å². The van der Waals surface area contributed by atoms with E-state index in [0.717, 1.165) is 6.07 Å². The molecule has 0 bridgehead atoms. The number of pyridine rings is 2. The highest BCUT2D eigenvalue weighted by Crippen LogP contribution is 2.31. The van der Waals surface area contributed by atoms with Crippen LogP contribution < -0.4 is 9.47 Å². The summed E-state index contributed by atoms with van der Waals surface area (Å²) in [5.41, 5.74) is 1.01. The van der Waals surface area contributed by atoms with E-state index < -0.39 is 11.6 Å². The van der Waals surface area contributed by atoms with Gasteiger partial charge in [0.1, 0.15) is 23.1 Å². The van der Waals surface area contributed by atoms with Gasteiger partial charge in [-0.1, -0.05) is 0 Å². The molecule has 0 radical (unpaired) electrons. The normalized spacial score (nSPS) is 10.5. The fourth-order valence-electron chi connectivity index (χ4n) is 2.31. The molecule has 0 aliphatic heterocycles. The zero-order valence-corrected chi connectivity index (χ0v) is 13.1. The average Bonchev–Trinajstić information content (AvgIpc) is 2.62. The van der Waals surface area contributed by atoms with Crippen molar-refractivity contribution in [1.29, 1.82) is 0 Å². The second-order valence-electron chi connectivity index (χ2n) is 4.97. The van der Waals surface area contributed by atoms with Gasteiger partial charge in [-0.25, -0.2) is 8.78 Å². The van der Waals surface area contributed by atoms with E-state index in [1.165, 1.54) is 32.7 Å². The summed E-state index contributed by atoms with van der Waals surface area (Å²) in [6.45, 7) is 0. The first-order valence-corrected chi connectivity index (χ1v) is 7.12. The number of nitrogens with zero attached hydrogens (tertiary/aromatic N) is 2. The molecule has 3 aromatic rings. The van der Waals surface area contributed by atoms with Gasteiger partial charge in [0.15, 0.2) is 0 Å². The fourth-order valence-corrected chi connectivity index (χ4v) is 2.31. The summed E-state index contributed by atoms with van der Waals surface area (Å²) in [6, 6.07) is 8.67. The second-order valence-corrected chi connectivity index (χ2v) is 4.97. The molecular weight excluding hydrogens is 314 g/mol. The van der Waals surface area contributed by atoms with Crippen LogP contribution in [0.4, 0.5) is 8.78 Å². The van der Waals surface area contributed by atoms with Gasteiger partial charge in [-0.15, -0.1) is 0 Å². The van der Waals surface area contributed by atoms with Gasteiger partial charge in [-0.2, -0.15) is 0 Å². The van der Waals surface area contributed by atoms with Crippen molar-refractivity contribution in [2.75, 3.05) is 14.2 Å². The number of rotatable bonds is 4. The number of aromatic nitrogens is 2. The fraction of sp³-hybridized carbons (Fsp3) is 0.111. The van der Waals surface area contributed by atoms with Gasteiger partial charge in [0.2, 0.25) is 0 Å². The van der Waals surface area contributed by atoms with Crippen molar-refractivity contribution in [3.63, 3.8) is 0 Å². The van der Waals surface area contributed by atoms with Gasteiger partial charge in [0, 0.05) is 41.7 Å². The highest BCUT2D eigenvalue weighted by molar-refractivity contribution is 5.71. The number of halogens is 2. The number of ether oxygens (including phenoxy) is 2. The van der Waals surface area contributed by atoms with Crippen LogP contribution in [0.25, 0.3) is 22.5 Å². The first-order valence-electron chi connectivity index (χ1n) is 7.12. The smallest absolute Gasteiger partial charge is 0.135 e. The monoisotopic (exact) mass is 328 g/mol. The Labute approximate surface area is 137 Å². The minimum Gasteiger partial charge on any atom is -0.497 e. The Morgan fingerprint density at radius 3 is 1.58 bits per heavy atom. The van der Waals surface area contributed by atoms with E-state index in [9.17, 15) is 8.78 Å². The molecule has 2 aromatic heterocycles. The highest BCUT2D eigenvalue weighted by Gasteiger charge is 2.15. The Morgan fingerprint density at radius 1 is 0.708 bits per heavy atom. The maximum Gasteiger partial charge on any atom is 0.135 e. The number of benzene rings is 1. The molecule has 0 N–H and O–H groups in total. The largest absolute Gasteiger partial charge is 0.497 e. The molecule has 0 saturated carbocycles. The molecule has 2 heterocycles. The molecule has 6 heteroatoms. The maximum absolute atomic E-state index is 14.2. The Kier molecular flexibility index (Phi) is 4.37. The number of methoxy groups -OCH3 is 2. The summed E-state index contributed by atoms with van der Waals surface area (Å²) in [4.78, 5) is 8.26. The summed E-state index contributed by atoms with van der Waals surface area (Å²) >= 11 is 0. The Bertz CT molecular complexity index is 816. The van der Waals surface area contributed by atoms with Crippen LogP contribution in [-0.2, 0) is 0 Å². The Morgan fingerprint density at radius 2 is 1.17 bits per heavy atom. The van der Waals surface area contributed by atoms with Crippen LogP contribution in [0.1, 0.15) is 0 Å². The van der Waals surface area contributed by atoms with E-state index in [4.69, 9.17) is 9.47 Å². The molecule has 0 aliphatic carbocycles. The third-order valence-electron chi connectivity index (χ3n) is 3.54. The molecule has 0 atom stereocenters. The number of hydrogen-bond donors (Lipinski definition) is 0. The van der Waals surface area contributed by atoms with Crippen molar-refractivity contribution < 1.29 is 18.3 Å². The minimum atomic E-state index is -0.708. The maximum atomic E-state index is 14.2. The van der Waals surface area contributed by atoms with E-state index in [1.807, 2.05) is 0 Å². The van der Waals surface area contributed by atoms with Crippen LogP contribution in [0, 0.1) is 11.6 Å². The molecule has 0 saturated heterocycles. The summed E-state index contributed by atoms with van der Waals surface area (Å²) in [6.07, 6.45) is 3.00. The van der Waals surface area contributed by atoms with Crippen molar-refractivity contribution in [3.05, 3.63) is 60.4 Å². The van der Waals surface area contributed by atoms with Gasteiger partial charge in [-0.3, -0.25) is 9.97 Å². The van der Waals surface area contributed by atoms with Crippen molar-refractivity contribution in [3.8, 4) is 34.0 Å². The standard InChI is InChI=1S/C18H14F2N2O2/c1-23-11-3-5-21-17(7-11)13-9-14(16(20)10-15(13)19)18-8-12(24-2)4-6-22-18/h3-10H,1-2H3.